The predicted molar refractivity (Wildman–Crippen MR) is 112 cm³/mol. The van der Waals surface area contributed by atoms with Crippen LogP contribution in [0.1, 0.15) is 36.0 Å². The fourth-order valence-corrected chi connectivity index (χ4v) is 5.27. The van der Waals surface area contributed by atoms with Gasteiger partial charge in [-0.2, -0.15) is 0 Å². The molecule has 4 heterocycles. The van der Waals surface area contributed by atoms with Crippen molar-refractivity contribution >= 4 is 23.3 Å². The lowest BCUT2D eigenvalue weighted by atomic mass is 9.76. The number of hydrogen-bond acceptors (Lipinski definition) is 4. The van der Waals surface area contributed by atoms with Crippen LogP contribution >= 0.6 is 0 Å². The van der Waals surface area contributed by atoms with E-state index < -0.39 is 5.82 Å². The number of carbonyl (C=O) groups is 2. The van der Waals surface area contributed by atoms with Crippen molar-refractivity contribution < 1.29 is 14.0 Å². The maximum absolute atomic E-state index is 13.3. The van der Waals surface area contributed by atoms with Gasteiger partial charge in [-0.05, 0) is 61.4 Å². The van der Waals surface area contributed by atoms with Gasteiger partial charge in [-0.15, -0.1) is 0 Å². The number of amides is 2. The summed E-state index contributed by atoms with van der Waals surface area (Å²) in [6.45, 7) is 2.63. The molecule has 3 aliphatic rings. The van der Waals surface area contributed by atoms with E-state index in [9.17, 15) is 14.0 Å². The number of nitrogens with one attached hydrogen (secondary N) is 1. The molecule has 0 spiro atoms. The minimum Gasteiger partial charge on any atom is -0.356 e. The molecule has 0 radical (unpaired) electrons. The molecule has 3 saturated heterocycles. The van der Waals surface area contributed by atoms with Crippen LogP contribution < -0.4 is 10.2 Å². The quantitative estimate of drug-likeness (QED) is 0.846. The molecule has 30 heavy (non-hydrogen) atoms. The molecule has 3 fully saturated rings. The maximum atomic E-state index is 13.3. The summed E-state index contributed by atoms with van der Waals surface area (Å²) in [7, 11) is 0. The molecular formula is C23H25FN4O2. The van der Waals surface area contributed by atoms with Gasteiger partial charge in [0.1, 0.15) is 11.6 Å². The standard InChI is InChI=1S/C23H25FN4O2/c24-18-3-1-4-19(10-18)26-23(30)16-7-8-21(25-11-16)27-12-15-9-17(14-27)20-5-2-6-22(29)28(20)13-15/h1,3-4,7-8,10-11,15,17,20H,2,5-6,9,12-14H2,(H,26,30)/t15-,17-,20-/m1/s1. The average Bonchev–Trinajstić information content (AvgIpc) is 2.74. The van der Waals surface area contributed by atoms with E-state index in [0.717, 1.165) is 38.3 Å². The molecule has 5 rings (SSSR count). The Kier molecular flexibility index (Phi) is 4.89. The van der Waals surface area contributed by atoms with Crippen molar-refractivity contribution in [3.05, 3.63) is 54.0 Å². The SMILES string of the molecule is O=C(Nc1cccc(F)c1)c1ccc(N2C[C@H]3C[C@H](C2)[C@H]2CCCC(=O)N2C3)nc1. The highest BCUT2D eigenvalue weighted by Gasteiger charge is 2.44. The highest BCUT2D eigenvalue weighted by Crippen LogP contribution is 2.38. The van der Waals surface area contributed by atoms with Crippen molar-refractivity contribution in [3.8, 4) is 0 Å². The third-order valence-electron chi connectivity index (χ3n) is 6.60. The topological polar surface area (TPSA) is 65.5 Å². The number of benzene rings is 1. The van der Waals surface area contributed by atoms with Crippen LogP contribution in [0.3, 0.4) is 0 Å². The molecule has 3 aliphatic heterocycles. The zero-order valence-corrected chi connectivity index (χ0v) is 16.8. The van der Waals surface area contributed by atoms with E-state index in [1.807, 2.05) is 6.07 Å². The molecule has 1 aromatic carbocycles. The van der Waals surface area contributed by atoms with Gasteiger partial charge in [0, 0.05) is 44.0 Å². The van der Waals surface area contributed by atoms with E-state index in [1.54, 1.807) is 24.4 Å². The van der Waals surface area contributed by atoms with Gasteiger partial charge in [0.2, 0.25) is 5.91 Å². The number of hydrogen-bond donors (Lipinski definition) is 1. The van der Waals surface area contributed by atoms with Gasteiger partial charge in [0.15, 0.2) is 0 Å². The molecule has 0 unspecified atom stereocenters. The summed E-state index contributed by atoms with van der Waals surface area (Å²) >= 11 is 0. The lowest BCUT2D eigenvalue weighted by molar-refractivity contribution is -0.142. The Labute approximate surface area is 175 Å². The molecule has 0 aliphatic carbocycles. The van der Waals surface area contributed by atoms with Crippen molar-refractivity contribution in [2.45, 2.75) is 31.7 Å². The van der Waals surface area contributed by atoms with E-state index in [0.29, 0.717) is 41.5 Å². The fourth-order valence-electron chi connectivity index (χ4n) is 5.27. The Hall–Kier alpha value is -2.96. The summed E-state index contributed by atoms with van der Waals surface area (Å²) in [5, 5.41) is 2.70. The highest BCUT2D eigenvalue weighted by molar-refractivity contribution is 6.04. The Morgan fingerprint density at radius 1 is 1.17 bits per heavy atom. The number of halogens is 1. The zero-order chi connectivity index (χ0) is 20.7. The van der Waals surface area contributed by atoms with E-state index in [2.05, 4.69) is 20.1 Å². The van der Waals surface area contributed by atoms with E-state index in [4.69, 9.17) is 0 Å². The van der Waals surface area contributed by atoms with Crippen LogP contribution in [0.4, 0.5) is 15.9 Å². The van der Waals surface area contributed by atoms with Gasteiger partial charge >= 0.3 is 0 Å². The van der Waals surface area contributed by atoms with Crippen molar-refractivity contribution in [1.29, 1.82) is 0 Å². The van der Waals surface area contributed by atoms with Crippen LogP contribution in [0.15, 0.2) is 42.6 Å². The largest absolute Gasteiger partial charge is 0.356 e. The first-order valence-electron chi connectivity index (χ1n) is 10.6. The Balaban J connectivity index is 1.27. The minimum atomic E-state index is -0.393. The Morgan fingerprint density at radius 3 is 2.87 bits per heavy atom. The van der Waals surface area contributed by atoms with Crippen molar-refractivity contribution in [3.63, 3.8) is 0 Å². The van der Waals surface area contributed by atoms with Gasteiger partial charge in [-0.1, -0.05) is 6.07 Å². The van der Waals surface area contributed by atoms with Crippen LogP contribution in [0.2, 0.25) is 0 Å². The lowest BCUT2D eigenvalue weighted by Crippen LogP contribution is -2.60. The molecule has 1 aromatic heterocycles. The van der Waals surface area contributed by atoms with Crippen molar-refractivity contribution in [1.82, 2.24) is 9.88 Å². The maximum Gasteiger partial charge on any atom is 0.257 e. The number of piperidine rings is 3. The fraction of sp³-hybridized carbons (Fsp3) is 0.435. The molecule has 2 amide bonds. The average molecular weight is 408 g/mol. The third kappa shape index (κ3) is 3.64. The second kappa shape index (κ2) is 7.70. The first-order chi connectivity index (χ1) is 14.6. The monoisotopic (exact) mass is 408 g/mol. The molecule has 1 N–H and O–H groups in total. The van der Waals surface area contributed by atoms with Gasteiger partial charge in [0.05, 0.1) is 5.56 Å². The first-order valence-corrected chi connectivity index (χ1v) is 10.6. The number of anilines is 2. The van der Waals surface area contributed by atoms with Crippen molar-refractivity contribution in [2.24, 2.45) is 11.8 Å². The van der Waals surface area contributed by atoms with Crippen LogP contribution in [-0.2, 0) is 4.79 Å². The van der Waals surface area contributed by atoms with Gasteiger partial charge in [0.25, 0.3) is 5.91 Å². The number of fused-ring (bicyclic) bond motifs is 4. The highest BCUT2D eigenvalue weighted by atomic mass is 19.1. The van der Waals surface area contributed by atoms with Crippen LogP contribution in [0, 0.1) is 17.7 Å². The summed E-state index contributed by atoms with van der Waals surface area (Å²) in [5.74, 6) is 1.43. The third-order valence-corrected chi connectivity index (χ3v) is 6.60. The molecule has 156 valence electrons. The van der Waals surface area contributed by atoms with Crippen LogP contribution in [0.25, 0.3) is 0 Å². The number of pyridine rings is 1. The molecular weight excluding hydrogens is 383 g/mol. The predicted octanol–water partition coefficient (Wildman–Crippen LogP) is 3.31. The van der Waals surface area contributed by atoms with Gasteiger partial charge in [-0.25, -0.2) is 9.37 Å². The molecule has 7 heteroatoms. The second-order valence-corrected chi connectivity index (χ2v) is 8.64. The summed E-state index contributed by atoms with van der Waals surface area (Å²) in [5.41, 5.74) is 0.851. The van der Waals surface area contributed by atoms with Crippen LogP contribution in [-0.4, -0.2) is 47.4 Å². The number of aromatic nitrogens is 1. The van der Waals surface area contributed by atoms with Gasteiger partial charge < -0.3 is 15.1 Å². The van der Waals surface area contributed by atoms with Crippen molar-refractivity contribution in [2.75, 3.05) is 29.9 Å². The van der Waals surface area contributed by atoms with Gasteiger partial charge in [-0.3, -0.25) is 9.59 Å². The molecule has 2 aromatic rings. The summed E-state index contributed by atoms with van der Waals surface area (Å²) in [6.07, 6.45) is 5.54. The normalized spacial score (nSPS) is 25.6. The second-order valence-electron chi connectivity index (χ2n) is 8.64. The summed E-state index contributed by atoms with van der Waals surface area (Å²) < 4.78 is 13.3. The van der Waals surface area contributed by atoms with E-state index >= 15 is 0 Å². The molecule has 3 atom stereocenters. The first kappa shape index (κ1) is 19.0. The Morgan fingerprint density at radius 2 is 2.07 bits per heavy atom. The smallest absolute Gasteiger partial charge is 0.257 e. The molecule has 6 nitrogen and oxygen atoms in total. The minimum absolute atomic E-state index is 0.313. The number of carbonyl (C=O) groups excluding carboxylic acids is 2. The van der Waals surface area contributed by atoms with E-state index in [1.165, 1.54) is 18.6 Å². The number of rotatable bonds is 3. The molecule has 2 bridgehead atoms. The Bertz CT molecular complexity index is 964. The summed E-state index contributed by atoms with van der Waals surface area (Å²) in [4.78, 5) is 33.7. The lowest BCUT2D eigenvalue weighted by Gasteiger charge is -2.52. The van der Waals surface area contributed by atoms with Crippen LogP contribution in [0.5, 0.6) is 0 Å². The zero-order valence-electron chi connectivity index (χ0n) is 16.8. The molecule has 0 saturated carbocycles. The number of nitrogens with zero attached hydrogens (tertiary/aromatic N) is 3. The van der Waals surface area contributed by atoms with E-state index in [-0.39, 0.29) is 5.91 Å². The summed E-state index contributed by atoms with van der Waals surface area (Å²) in [6, 6.07) is 9.83.